The van der Waals surface area contributed by atoms with Crippen molar-refractivity contribution in [2.45, 2.75) is 108 Å². The first-order valence-corrected chi connectivity index (χ1v) is 13.0. The van der Waals surface area contributed by atoms with Crippen LogP contribution in [0.4, 0.5) is 0 Å². The van der Waals surface area contributed by atoms with Crippen molar-refractivity contribution in [2.75, 3.05) is 6.61 Å². The van der Waals surface area contributed by atoms with Crippen molar-refractivity contribution >= 4 is 35.8 Å². The Morgan fingerprint density at radius 3 is 2.00 bits per heavy atom. The highest BCUT2D eigenvalue weighted by Gasteiger charge is 2.48. The van der Waals surface area contributed by atoms with Gasteiger partial charge in [-0.2, -0.15) is 0 Å². The molecule has 0 aromatic heterocycles. The molecule has 39 heavy (non-hydrogen) atoms. The number of amides is 1. The van der Waals surface area contributed by atoms with Crippen LogP contribution in [0.25, 0.3) is 0 Å². The number of carbonyl (C=O) groups is 6. The number of carboxylic acid groups (broad SMARTS) is 4. The Morgan fingerprint density at radius 1 is 0.974 bits per heavy atom. The Bertz CT molecular complexity index is 891. The number of nitrogens with one attached hydrogen (secondary N) is 1. The highest BCUT2D eigenvalue weighted by Crippen LogP contribution is 2.40. The molecule has 5 atom stereocenters. The van der Waals surface area contributed by atoms with Gasteiger partial charge in [-0.15, -0.1) is 0 Å². The second kappa shape index (κ2) is 15.4. The standard InChI is InChI=1S/C19H32N2O5.C6H8O7/c1-4-8-14(19(25)26-5-2)20-12(3)17(22)21-15-10-7-6-9-13(15)11-16(21)18(23)24;7-3(8)1-6(13,5(11)12)2-4(9)10/h12-16,20H,4-11H2,1-3H3,(H,23,24);13H,1-2H2,(H,7,8)(H,9,10)(H,11,12)/t12-,13-,14-,15-,16-;/m0./s1. The molecule has 222 valence electrons. The normalized spacial score (nSPS) is 21.9. The van der Waals surface area contributed by atoms with Crippen LogP contribution in [-0.4, -0.2) is 103 Å². The SMILES string of the molecule is CCC[C@H](N[C@@H](C)C(=O)N1[C@H](C(=O)O)C[C@@H]2CCCC[C@@H]21)C(=O)OCC.O=C(O)CC(O)(CC(=O)O)C(=O)O. The molecule has 0 unspecified atom stereocenters. The van der Waals surface area contributed by atoms with Crippen LogP contribution in [0, 0.1) is 5.92 Å². The number of carbonyl (C=O) groups excluding carboxylic acids is 2. The number of hydrogen-bond acceptors (Lipinski definition) is 9. The molecule has 1 saturated carbocycles. The van der Waals surface area contributed by atoms with E-state index in [0.29, 0.717) is 19.4 Å². The van der Waals surface area contributed by atoms with Crippen LogP contribution < -0.4 is 5.32 Å². The monoisotopic (exact) mass is 560 g/mol. The molecule has 2 fully saturated rings. The van der Waals surface area contributed by atoms with E-state index in [1.807, 2.05) is 6.92 Å². The van der Waals surface area contributed by atoms with Gasteiger partial charge in [0.15, 0.2) is 5.60 Å². The molecular formula is C25H40N2O12. The first-order valence-electron chi connectivity index (χ1n) is 13.0. The first kappa shape index (κ1) is 33.8. The summed E-state index contributed by atoms with van der Waals surface area (Å²) in [6, 6.07) is -1.92. The molecule has 1 saturated heterocycles. The van der Waals surface area contributed by atoms with Crippen molar-refractivity contribution in [3.8, 4) is 0 Å². The van der Waals surface area contributed by atoms with Crippen molar-refractivity contribution in [1.29, 1.82) is 0 Å². The third-order valence-electron chi connectivity index (χ3n) is 6.88. The van der Waals surface area contributed by atoms with Gasteiger partial charge in [-0.05, 0) is 45.4 Å². The molecule has 2 aliphatic rings. The summed E-state index contributed by atoms with van der Waals surface area (Å²) >= 11 is 0. The smallest absolute Gasteiger partial charge is 0.336 e. The van der Waals surface area contributed by atoms with Gasteiger partial charge in [0.25, 0.3) is 0 Å². The molecule has 1 heterocycles. The van der Waals surface area contributed by atoms with E-state index in [4.69, 9.17) is 25.2 Å². The predicted octanol–water partition coefficient (Wildman–Crippen LogP) is 0.692. The predicted molar refractivity (Wildman–Crippen MR) is 134 cm³/mol. The zero-order valence-corrected chi connectivity index (χ0v) is 22.5. The molecule has 0 aromatic rings. The molecule has 14 heteroatoms. The molecule has 2 rings (SSSR count). The molecular weight excluding hydrogens is 520 g/mol. The summed E-state index contributed by atoms with van der Waals surface area (Å²) in [4.78, 5) is 69.0. The van der Waals surface area contributed by atoms with E-state index in [2.05, 4.69) is 5.32 Å². The van der Waals surface area contributed by atoms with Crippen LogP contribution >= 0.6 is 0 Å². The van der Waals surface area contributed by atoms with E-state index in [0.717, 1.165) is 32.1 Å². The van der Waals surface area contributed by atoms with Gasteiger partial charge in [0.2, 0.25) is 5.91 Å². The number of ether oxygens (including phenoxy) is 1. The molecule has 14 nitrogen and oxygen atoms in total. The van der Waals surface area contributed by atoms with Crippen LogP contribution in [0.5, 0.6) is 0 Å². The molecule has 0 spiro atoms. The van der Waals surface area contributed by atoms with Gasteiger partial charge in [-0.1, -0.05) is 26.2 Å². The summed E-state index contributed by atoms with van der Waals surface area (Å²) in [5, 5.41) is 46.5. The zero-order valence-electron chi connectivity index (χ0n) is 22.5. The van der Waals surface area contributed by atoms with Gasteiger partial charge in [0.05, 0.1) is 25.5 Å². The van der Waals surface area contributed by atoms with Crippen molar-refractivity contribution in [3.05, 3.63) is 0 Å². The Kier molecular flexibility index (Phi) is 13.3. The number of esters is 1. The van der Waals surface area contributed by atoms with Crippen LogP contribution in [0.1, 0.15) is 78.6 Å². The number of rotatable bonds is 13. The van der Waals surface area contributed by atoms with Crippen LogP contribution in [0.3, 0.4) is 0 Å². The number of nitrogens with zero attached hydrogens (tertiary/aromatic N) is 1. The van der Waals surface area contributed by atoms with E-state index in [9.17, 15) is 33.9 Å². The summed E-state index contributed by atoms with van der Waals surface area (Å²) in [6.45, 7) is 5.72. The van der Waals surface area contributed by atoms with Gasteiger partial charge >= 0.3 is 29.8 Å². The largest absolute Gasteiger partial charge is 0.481 e. The van der Waals surface area contributed by atoms with Crippen LogP contribution in [0.15, 0.2) is 0 Å². The molecule has 0 aromatic carbocycles. The number of aliphatic carboxylic acids is 4. The topological polar surface area (TPSA) is 228 Å². The average Bonchev–Trinajstić information content (AvgIpc) is 3.22. The van der Waals surface area contributed by atoms with E-state index >= 15 is 0 Å². The maximum atomic E-state index is 13.1. The fraction of sp³-hybridized carbons (Fsp3) is 0.760. The lowest BCUT2D eigenvalue weighted by molar-refractivity contribution is -0.170. The van der Waals surface area contributed by atoms with Crippen LogP contribution in [0.2, 0.25) is 0 Å². The van der Waals surface area contributed by atoms with Gasteiger partial charge in [-0.25, -0.2) is 9.59 Å². The van der Waals surface area contributed by atoms with E-state index in [-0.39, 0.29) is 23.8 Å². The van der Waals surface area contributed by atoms with Gasteiger partial charge < -0.3 is 35.2 Å². The van der Waals surface area contributed by atoms with E-state index < -0.39 is 60.4 Å². The van der Waals surface area contributed by atoms with Crippen molar-refractivity contribution in [3.63, 3.8) is 0 Å². The summed E-state index contributed by atoms with van der Waals surface area (Å²) in [5.41, 5.74) is -2.74. The van der Waals surface area contributed by atoms with Crippen molar-refractivity contribution in [2.24, 2.45) is 5.92 Å². The summed E-state index contributed by atoms with van der Waals surface area (Å²) < 4.78 is 5.09. The van der Waals surface area contributed by atoms with Gasteiger partial charge in [-0.3, -0.25) is 24.5 Å². The lowest BCUT2D eigenvalue weighted by Crippen LogP contribution is -2.55. The summed E-state index contributed by atoms with van der Waals surface area (Å²) in [7, 11) is 0. The Hall–Kier alpha value is -3.26. The quantitative estimate of drug-likeness (QED) is 0.171. The maximum Gasteiger partial charge on any atom is 0.336 e. The third-order valence-corrected chi connectivity index (χ3v) is 6.88. The van der Waals surface area contributed by atoms with Crippen LogP contribution in [-0.2, 0) is 33.5 Å². The van der Waals surface area contributed by atoms with Crippen molar-refractivity contribution < 1.29 is 59.0 Å². The maximum absolute atomic E-state index is 13.1. The number of hydrogen-bond donors (Lipinski definition) is 6. The highest BCUT2D eigenvalue weighted by molar-refractivity contribution is 5.89. The minimum absolute atomic E-state index is 0.00817. The molecule has 6 N–H and O–H groups in total. The average molecular weight is 561 g/mol. The molecule has 1 amide bonds. The second-order valence-corrected chi connectivity index (χ2v) is 9.91. The number of carboxylic acids is 4. The molecule has 0 bridgehead atoms. The fourth-order valence-corrected chi connectivity index (χ4v) is 5.11. The Morgan fingerprint density at radius 2 is 1.54 bits per heavy atom. The van der Waals surface area contributed by atoms with Crippen molar-refractivity contribution in [1.82, 2.24) is 10.2 Å². The third kappa shape index (κ3) is 9.77. The minimum Gasteiger partial charge on any atom is -0.481 e. The van der Waals surface area contributed by atoms with E-state index in [1.165, 1.54) is 0 Å². The fourth-order valence-electron chi connectivity index (χ4n) is 5.11. The zero-order chi connectivity index (χ0) is 29.9. The first-order chi connectivity index (χ1) is 18.2. The lowest BCUT2D eigenvalue weighted by Gasteiger charge is -2.35. The van der Waals surface area contributed by atoms with Gasteiger partial charge in [0.1, 0.15) is 12.1 Å². The molecule has 0 radical (unpaired) electrons. The molecule has 1 aliphatic carbocycles. The lowest BCUT2D eigenvalue weighted by atomic mass is 9.84. The Balaban J connectivity index is 0.000000495. The summed E-state index contributed by atoms with van der Waals surface area (Å²) in [6.07, 6.45) is 3.59. The Labute approximate surface area is 226 Å². The summed E-state index contributed by atoms with van der Waals surface area (Å²) in [5.74, 6) is -6.26. The number of likely N-dealkylation sites (tertiary alicyclic amines) is 1. The van der Waals surface area contributed by atoms with Gasteiger partial charge in [0, 0.05) is 6.04 Å². The number of aliphatic hydroxyl groups is 1. The number of fused-ring (bicyclic) bond motifs is 1. The second-order valence-electron chi connectivity index (χ2n) is 9.91. The van der Waals surface area contributed by atoms with E-state index in [1.54, 1.807) is 18.7 Å². The highest BCUT2D eigenvalue weighted by atomic mass is 16.5. The molecule has 1 aliphatic heterocycles. The minimum atomic E-state index is -2.74.